The van der Waals surface area contributed by atoms with Crippen LogP contribution in [-0.4, -0.2) is 50.9 Å². The van der Waals surface area contributed by atoms with Gasteiger partial charge in [0, 0.05) is 18.2 Å². The van der Waals surface area contributed by atoms with Gasteiger partial charge in [-0.3, -0.25) is 0 Å². The molecule has 0 radical (unpaired) electrons. The Kier molecular flexibility index (Phi) is 6.72. The summed E-state index contributed by atoms with van der Waals surface area (Å²) in [6.45, 7) is 2.15. The second-order valence-corrected chi connectivity index (χ2v) is 9.02. The lowest BCUT2D eigenvalue weighted by molar-refractivity contribution is 0.101. The summed E-state index contributed by atoms with van der Waals surface area (Å²) in [5, 5.41) is 0. The Hall–Kier alpha value is -2.52. The van der Waals surface area contributed by atoms with E-state index >= 15 is 4.39 Å². The van der Waals surface area contributed by atoms with Gasteiger partial charge in [-0.1, -0.05) is 30.3 Å². The average molecular weight is 438 g/mol. The largest absolute Gasteiger partial charge is 0.450 e. The van der Waals surface area contributed by atoms with Crippen LogP contribution in [0, 0.1) is 11.6 Å². The number of sulfonamides is 1. The van der Waals surface area contributed by atoms with Crippen LogP contribution >= 0.6 is 0 Å². The third-order valence-electron chi connectivity index (χ3n) is 5.06. The van der Waals surface area contributed by atoms with Gasteiger partial charge in [0.25, 0.3) is 0 Å². The first-order chi connectivity index (χ1) is 14.2. The molecule has 30 heavy (non-hydrogen) atoms. The summed E-state index contributed by atoms with van der Waals surface area (Å²) in [6.07, 6.45) is 0.951. The van der Waals surface area contributed by atoms with Crippen molar-refractivity contribution in [2.24, 2.45) is 0 Å². The molecule has 1 fully saturated rings. The molecule has 0 spiro atoms. The van der Waals surface area contributed by atoms with Gasteiger partial charge in [0.2, 0.25) is 10.0 Å². The van der Waals surface area contributed by atoms with Gasteiger partial charge in [0.1, 0.15) is 11.6 Å². The standard InChI is InChI=1S/C21H24F2N2O4S/c1-3-29-21(26)25-11-10-18(24-30(2,27)28)19(25)13-15-7-5-9-17(20(15)23)14-6-4-8-16(22)12-14/h4-9,12,18-19,24H,3,10-11,13H2,1-2H3/t18-,19-/m0/s1. The number of amides is 1. The van der Waals surface area contributed by atoms with Crippen molar-refractivity contribution in [2.75, 3.05) is 19.4 Å². The topological polar surface area (TPSA) is 75.7 Å². The highest BCUT2D eigenvalue weighted by Crippen LogP contribution is 2.29. The molecule has 0 bridgehead atoms. The predicted molar refractivity (Wildman–Crippen MR) is 109 cm³/mol. The van der Waals surface area contributed by atoms with Crippen LogP contribution < -0.4 is 4.72 Å². The summed E-state index contributed by atoms with van der Waals surface area (Å²) >= 11 is 0. The van der Waals surface area contributed by atoms with E-state index in [9.17, 15) is 17.6 Å². The molecule has 1 aliphatic heterocycles. The zero-order valence-corrected chi connectivity index (χ0v) is 17.6. The molecule has 2 aromatic carbocycles. The third kappa shape index (κ3) is 5.14. The number of rotatable bonds is 6. The maximum Gasteiger partial charge on any atom is 0.410 e. The lowest BCUT2D eigenvalue weighted by atomic mass is 9.96. The summed E-state index contributed by atoms with van der Waals surface area (Å²) < 4.78 is 60.0. The van der Waals surface area contributed by atoms with Gasteiger partial charge in [-0.15, -0.1) is 0 Å². The van der Waals surface area contributed by atoms with Crippen LogP contribution in [0.3, 0.4) is 0 Å². The van der Waals surface area contributed by atoms with Gasteiger partial charge in [0.05, 0.1) is 18.9 Å². The van der Waals surface area contributed by atoms with Gasteiger partial charge in [-0.05, 0) is 43.0 Å². The van der Waals surface area contributed by atoms with Crippen LogP contribution in [0.5, 0.6) is 0 Å². The molecule has 0 saturated carbocycles. The fourth-order valence-corrected chi connectivity index (χ4v) is 4.62. The minimum atomic E-state index is -3.52. The molecule has 6 nitrogen and oxygen atoms in total. The van der Waals surface area contributed by atoms with Crippen molar-refractivity contribution < 1.29 is 26.7 Å². The molecule has 0 aromatic heterocycles. The minimum absolute atomic E-state index is 0.0843. The molecular weight excluding hydrogens is 414 g/mol. The van der Waals surface area contributed by atoms with Crippen molar-refractivity contribution in [3.05, 3.63) is 59.7 Å². The Morgan fingerprint density at radius 1 is 1.23 bits per heavy atom. The van der Waals surface area contributed by atoms with Crippen molar-refractivity contribution in [3.8, 4) is 11.1 Å². The van der Waals surface area contributed by atoms with E-state index in [1.54, 1.807) is 31.2 Å². The maximum absolute atomic E-state index is 15.3. The fraction of sp³-hybridized carbons (Fsp3) is 0.381. The molecule has 2 atom stereocenters. The molecule has 1 heterocycles. The number of ether oxygens (including phenoxy) is 1. The van der Waals surface area contributed by atoms with Gasteiger partial charge in [0.15, 0.2) is 0 Å². The highest BCUT2D eigenvalue weighted by molar-refractivity contribution is 7.88. The number of nitrogens with one attached hydrogen (secondary N) is 1. The Balaban J connectivity index is 1.94. The monoisotopic (exact) mass is 438 g/mol. The molecule has 1 aliphatic rings. The molecule has 9 heteroatoms. The number of nitrogens with zero attached hydrogens (tertiary/aromatic N) is 1. The number of hydrogen-bond donors (Lipinski definition) is 1. The number of benzene rings is 2. The van der Waals surface area contributed by atoms with Crippen LogP contribution in [0.2, 0.25) is 0 Å². The lowest BCUT2D eigenvalue weighted by Gasteiger charge is -2.28. The normalized spacial score (nSPS) is 19.1. The molecule has 3 rings (SSSR count). The van der Waals surface area contributed by atoms with E-state index in [-0.39, 0.29) is 18.6 Å². The summed E-state index contributed by atoms with van der Waals surface area (Å²) in [5.41, 5.74) is 0.937. The van der Waals surface area contributed by atoms with Crippen LogP contribution in [0.1, 0.15) is 18.9 Å². The number of likely N-dealkylation sites (tertiary alicyclic amines) is 1. The summed E-state index contributed by atoms with van der Waals surface area (Å²) in [5.74, 6) is -1.00. The van der Waals surface area contributed by atoms with Crippen molar-refractivity contribution in [1.82, 2.24) is 9.62 Å². The molecule has 1 N–H and O–H groups in total. The van der Waals surface area contributed by atoms with Gasteiger partial charge in [-0.2, -0.15) is 0 Å². The quantitative estimate of drug-likeness (QED) is 0.751. The van der Waals surface area contributed by atoms with E-state index in [4.69, 9.17) is 4.74 Å². The molecule has 1 amide bonds. The summed E-state index contributed by atoms with van der Waals surface area (Å²) in [4.78, 5) is 13.8. The number of carbonyl (C=O) groups is 1. The third-order valence-corrected chi connectivity index (χ3v) is 5.79. The molecule has 0 aliphatic carbocycles. The second kappa shape index (κ2) is 9.09. The first-order valence-electron chi connectivity index (χ1n) is 9.63. The van der Waals surface area contributed by atoms with Crippen molar-refractivity contribution in [1.29, 1.82) is 0 Å². The van der Waals surface area contributed by atoms with E-state index < -0.39 is 39.8 Å². The summed E-state index contributed by atoms with van der Waals surface area (Å²) in [7, 11) is -3.52. The summed E-state index contributed by atoms with van der Waals surface area (Å²) in [6, 6.07) is 9.25. The van der Waals surface area contributed by atoms with Gasteiger partial charge in [-0.25, -0.2) is 26.7 Å². The predicted octanol–water partition coefficient (Wildman–Crippen LogP) is 3.32. The number of halogens is 2. The lowest BCUT2D eigenvalue weighted by Crippen LogP contribution is -2.47. The molecule has 162 valence electrons. The van der Waals surface area contributed by atoms with E-state index in [0.29, 0.717) is 24.1 Å². The van der Waals surface area contributed by atoms with Crippen molar-refractivity contribution in [3.63, 3.8) is 0 Å². The average Bonchev–Trinajstić information content (AvgIpc) is 3.04. The highest BCUT2D eigenvalue weighted by Gasteiger charge is 2.39. The van der Waals surface area contributed by atoms with Gasteiger partial charge >= 0.3 is 6.09 Å². The minimum Gasteiger partial charge on any atom is -0.450 e. The Morgan fingerprint density at radius 3 is 2.63 bits per heavy atom. The maximum atomic E-state index is 15.3. The smallest absolute Gasteiger partial charge is 0.410 e. The fourth-order valence-electron chi connectivity index (χ4n) is 3.79. The van der Waals surface area contributed by atoms with E-state index in [1.807, 2.05) is 0 Å². The molecular formula is C21H24F2N2O4S. The number of carbonyl (C=O) groups excluding carboxylic acids is 1. The van der Waals surface area contributed by atoms with Crippen molar-refractivity contribution >= 4 is 16.1 Å². The molecule has 2 aromatic rings. The molecule has 1 saturated heterocycles. The van der Waals surface area contributed by atoms with Crippen LogP contribution in [0.25, 0.3) is 11.1 Å². The zero-order chi connectivity index (χ0) is 21.9. The SMILES string of the molecule is CCOC(=O)N1CC[C@H](NS(C)(=O)=O)[C@@H]1Cc1cccc(-c2cccc(F)c2)c1F. The number of hydrogen-bond acceptors (Lipinski definition) is 4. The Bertz CT molecular complexity index is 1030. The first-order valence-corrected chi connectivity index (χ1v) is 11.5. The van der Waals surface area contributed by atoms with Crippen LogP contribution in [0.4, 0.5) is 13.6 Å². The van der Waals surface area contributed by atoms with Crippen LogP contribution in [-0.2, 0) is 21.2 Å². The van der Waals surface area contributed by atoms with E-state index in [0.717, 1.165) is 6.26 Å². The zero-order valence-electron chi connectivity index (χ0n) is 16.8. The first kappa shape index (κ1) is 22.2. The highest BCUT2D eigenvalue weighted by atomic mass is 32.2. The molecule has 0 unspecified atom stereocenters. The Morgan fingerprint density at radius 2 is 1.97 bits per heavy atom. The van der Waals surface area contributed by atoms with Gasteiger partial charge < -0.3 is 9.64 Å². The van der Waals surface area contributed by atoms with Crippen LogP contribution in [0.15, 0.2) is 42.5 Å². The van der Waals surface area contributed by atoms with Crippen molar-refractivity contribution in [2.45, 2.75) is 31.8 Å². The Labute approximate surface area is 174 Å². The van der Waals surface area contributed by atoms with E-state index in [1.165, 1.54) is 23.1 Å². The van der Waals surface area contributed by atoms with E-state index in [2.05, 4.69) is 4.72 Å². The second-order valence-electron chi connectivity index (χ2n) is 7.24.